The van der Waals surface area contributed by atoms with Crippen molar-refractivity contribution in [2.75, 3.05) is 5.75 Å². The van der Waals surface area contributed by atoms with E-state index in [1.165, 1.54) is 0 Å². The minimum atomic E-state index is -0.911. The summed E-state index contributed by atoms with van der Waals surface area (Å²) in [6, 6.07) is 9.13. The lowest BCUT2D eigenvalue weighted by molar-refractivity contribution is -0.162. The third-order valence-corrected chi connectivity index (χ3v) is 6.38. The Kier molecular flexibility index (Phi) is 5.25. The van der Waals surface area contributed by atoms with E-state index in [0.717, 1.165) is 5.56 Å². The van der Waals surface area contributed by atoms with Crippen LogP contribution in [0.1, 0.15) is 46.1 Å². The van der Waals surface area contributed by atoms with Crippen molar-refractivity contribution in [1.29, 1.82) is 0 Å². The lowest BCUT2D eigenvalue weighted by Crippen LogP contribution is -2.50. The van der Waals surface area contributed by atoms with Crippen molar-refractivity contribution in [3.63, 3.8) is 0 Å². The molecule has 1 aromatic carbocycles. The lowest BCUT2D eigenvalue weighted by atomic mass is 10.0. The number of amides is 2. The Balaban J connectivity index is 1.75. The molecule has 2 heterocycles. The number of hydrogen-bond acceptors (Lipinski definition) is 5. The quantitative estimate of drug-likeness (QED) is 0.799. The fraction of sp³-hybridized carbons (Fsp3) is 0.550. The highest BCUT2D eigenvalue weighted by atomic mass is 32.2. The minimum Gasteiger partial charge on any atom is -0.451 e. The number of nitrogens with zero attached hydrogens (tertiary/aromatic N) is 1. The average molecular weight is 391 g/mol. The first-order valence-electron chi connectivity index (χ1n) is 9.18. The monoisotopic (exact) mass is 390 g/mol. The Morgan fingerprint density at radius 1 is 1.30 bits per heavy atom. The van der Waals surface area contributed by atoms with Crippen LogP contribution in [0.5, 0.6) is 0 Å². The number of hydrogen-bond donors (Lipinski definition) is 1. The van der Waals surface area contributed by atoms with Gasteiger partial charge in [-0.05, 0) is 39.7 Å². The number of carbonyl (C=O) groups excluding carboxylic acids is 3. The van der Waals surface area contributed by atoms with Gasteiger partial charge >= 0.3 is 5.97 Å². The Bertz CT molecular complexity index is 746. The van der Waals surface area contributed by atoms with Gasteiger partial charge in [0.25, 0.3) is 5.91 Å². The van der Waals surface area contributed by atoms with Gasteiger partial charge in [0.05, 0.1) is 0 Å². The van der Waals surface area contributed by atoms with E-state index in [9.17, 15) is 14.4 Å². The second-order valence-electron chi connectivity index (χ2n) is 8.06. The molecule has 3 rings (SSSR count). The van der Waals surface area contributed by atoms with Crippen molar-refractivity contribution in [2.24, 2.45) is 0 Å². The fourth-order valence-corrected chi connectivity index (χ4v) is 5.23. The van der Waals surface area contributed by atoms with Crippen LogP contribution in [-0.2, 0) is 24.0 Å². The molecule has 0 unspecified atom stereocenters. The maximum absolute atomic E-state index is 12.8. The van der Waals surface area contributed by atoms with E-state index in [4.69, 9.17) is 4.74 Å². The predicted molar refractivity (Wildman–Crippen MR) is 104 cm³/mol. The Morgan fingerprint density at radius 3 is 2.59 bits per heavy atom. The smallest absolute Gasteiger partial charge is 0.330 e. The summed E-state index contributed by atoms with van der Waals surface area (Å²) in [5.41, 5.74) is 0.614. The first-order chi connectivity index (χ1) is 12.6. The topological polar surface area (TPSA) is 75.7 Å². The summed E-state index contributed by atoms with van der Waals surface area (Å²) < 4.78 is 5.42. The molecule has 27 heavy (non-hydrogen) atoms. The van der Waals surface area contributed by atoms with Gasteiger partial charge in [0.15, 0.2) is 6.10 Å². The molecule has 0 aliphatic carbocycles. The number of nitrogens with one attached hydrogen (secondary N) is 1. The lowest BCUT2D eigenvalue weighted by Gasteiger charge is -2.34. The molecule has 2 amide bonds. The Morgan fingerprint density at radius 2 is 1.96 bits per heavy atom. The SMILES string of the molecule is C[C@@H](OC(=O)[C@@H]1CS[C@@]2(c3ccccc3)CCC(=O)N12)C(=O)NC(C)(C)C. The summed E-state index contributed by atoms with van der Waals surface area (Å²) >= 11 is 1.60. The molecule has 1 N–H and O–H groups in total. The summed E-state index contributed by atoms with van der Waals surface area (Å²) in [6.45, 7) is 7.15. The highest BCUT2D eigenvalue weighted by molar-refractivity contribution is 8.00. The maximum Gasteiger partial charge on any atom is 0.330 e. The van der Waals surface area contributed by atoms with Crippen LogP contribution in [0.4, 0.5) is 0 Å². The normalized spacial score (nSPS) is 25.9. The molecular weight excluding hydrogens is 364 g/mol. The molecule has 6 nitrogen and oxygen atoms in total. The van der Waals surface area contributed by atoms with Gasteiger partial charge in [-0.3, -0.25) is 9.59 Å². The number of ether oxygens (including phenoxy) is 1. The number of benzene rings is 1. The largest absolute Gasteiger partial charge is 0.451 e. The molecule has 0 spiro atoms. The zero-order valence-electron chi connectivity index (χ0n) is 16.2. The standard InChI is InChI=1S/C20H26N2O4S/c1-13(17(24)21-19(2,3)4)26-18(25)15-12-27-20(11-10-16(23)22(15)20)14-8-6-5-7-9-14/h5-9,13,15H,10-12H2,1-4H3,(H,21,24)/t13-,15+,20-/m1/s1. The summed E-state index contributed by atoms with van der Waals surface area (Å²) in [4.78, 5) is 38.7. The van der Waals surface area contributed by atoms with Crippen molar-refractivity contribution in [2.45, 2.75) is 63.1 Å². The number of thioether (sulfide) groups is 1. The first-order valence-corrected chi connectivity index (χ1v) is 10.2. The summed E-state index contributed by atoms with van der Waals surface area (Å²) in [5, 5.41) is 2.80. The van der Waals surface area contributed by atoms with E-state index in [0.29, 0.717) is 18.6 Å². The molecule has 0 saturated carbocycles. The fourth-order valence-electron chi connectivity index (χ4n) is 3.59. The molecule has 3 atom stereocenters. The summed E-state index contributed by atoms with van der Waals surface area (Å²) in [5.74, 6) is -0.444. The molecule has 7 heteroatoms. The van der Waals surface area contributed by atoms with Crippen LogP contribution < -0.4 is 5.32 Å². The average Bonchev–Trinajstić information content (AvgIpc) is 3.14. The molecule has 0 aromatic heterocycles. The van der Waals surface area contributed by atoms with Gasteiger partial charge in [0.1, 0.15) is 10.9 Å². The van der Waals surface area contributed by atoms with Crippen molar-refractivity contribution in [3.05, 3.63) is 35.9 Å². The van der Waals surface area contributed by atoms with Crippen LogP contribution >= 0.6 is 11.8 Å². The highest BCUT2D eigenvalue weighted by Crippen LogP contribution is 2.54. The molecule has 2 aliphatic heterocycles. The van der Waals surface area contributed by atoms with Crippen molar-refractivity contribution in [3.8, 4) is 0 Å². The maximum atomic E-state index is 12.8. The molecule has 1 aromatic rings. The van der Waals surface area contributed by atoms with Crippen LogP contribution in [0.15, 0.2) is 30.3 Å². The second kappa shape index (κ2) is 7.19. The van der Waals surface area contributed by atoms with Crippen LogP contribution in [0.25, 0.3) is 0 Å². The molecule has 0 radical (unpaired) electrons. The number of fused-ring (bicyclic) bond motifs is 1. The minimum absolute atomic E-state index is 0.0439. The molecule has 2 fully saturated rings. The van der Waals surface area contributed by atoms with Gasteiger partial charge in [0, 0.05) is 17.7 Å². The van der Waals surface area contributed by atoms with Crippen molar-refractivity contribution >= 4 is 29.5 Å². The third kappa shape index (κ3) is 3.83. The van der Waals surface area contributed by atoms with E-state index >= 15 is 0 Å². The van der Waals surface area contributed by atoms with E-state index < -0.39 is 28.5 Å². The summed E-state index contributed by atoms with van der Waals surface area (Å²) in [6.07, 6.45) is 0.168. The van der Waals surface area contributed by atoms with E-state index in [1.54, 1.807) is 23.6 Å². The highest BCUT2D eigenvalue weighted by Gasteiger charge is 2.57. The van der Waals surface area contributed by atoms with Gasteiger partial charge in [-0.15, -0.1) is 11.8 Å². The van der Waals surface area contributed by atoms with Gasteiger partial charge in [0.2, 0.25) is 5.91 Å². The van der Waals surface area contributed by atoms with Crippen LogP contribution in [-0.4, -0.2) is 46.1 Å². The molecular formula is C20H26N2O4S. The number of esters is 1. The van der Waals surface area contributed by atoms with Gasteiger partial charge in [-0.1, -0.05) is 30.3 Å². The molecule has 0 bridgehead atoms. The van der Waals surface area contributed by atoms with Crippen LogP contribution in [0.2, 0.25) is 0 Å². The van der Waals surface area contributed by atoms with Crippen molar-refractivity contribution < 1.29 is 19.1 Å². The molecule has 2 saturated heterocycles. The number of carbonyl (C=O) groups is 3. The molecule has 146 valence electrons. The van der Waals surface area contributed by atoms with Gasteiger partial charge in [-0.25, -0.2) is 4.79 Å². The van der Waals surface area contributed by atoms with Gasteiger partial charge in [-0.2, -0.15) is 0 Å². The van der Waals surface area contributed by atoms with E-state index in [1.807, 2.05) is 51.1 Å². The van der Waals surface area contributed by atoms with Crippen LogP contribution in [0.3, 0.4) is 0 Å². The predicted octanol–water partition coefficient (Wildman–Crippen LogP) is 2.42. The van der Waals surface area contributed by atoms with E-state index in [-0.39, 0.29) is 11.8 Å². The first kappa shape index (κ1) is 19.7. The third-order valence-electron chi connectivity index (χ3n) is 4.78. The van der Waals surface area contributed by atoms with Crippen LogP contribution in [0, 0.1) is 0 Å². The Hall–Kier alpha value is -2.02. The molecule has 2 aliphatic rings. The zero-order valence-corrected chi connectivity index (χ0v) is 17.0. The Labute approximate surface area is 164 Å². The van der Waals surface area contributed by atoms with Gasteiger partial charge < -0.3 is 15.0 Å². The zero-order chi connectivity index (χ0) is 19.8. The number of rotatable bonds is 4. The van der Waals surface area contributed by atoms with Crippen molar-refractivity contribution in [1.82, 2.24) is 10.2 Å². The van der Waals surface area contributed by atoms with E-state index in [2.05, 4.69) is 5.32 Å². The summed E-state index contributed by atoms with van der Waals surface area (Å²) in [7, 11) is 0. The second-order valence-corrected chi connectivity index (χ2v) is 9.36.